The predicted octanol–water partition coefficient (Wildman–Crippen LogP) is 2.85. The van der Waals surface area contributed by atoms with Crippen molar-refractivity contribution in [1.82, 2.24) is 25.1 Å². The average molecular weight is 552 g/mol. The maximum atomic E-state index is 14.7. The Labute approximate surface area is 230 Å². The highest BCUT2D eigenvalue weighted by Crippen LogP contribution is 2.30. The molecule has 2 amide bonds. The van der Waals surface area contributed by atoms with Gasteiger partial charge in [-0.25, -0.2) is 9.37 Å². The number of benzene rings is 2. The van der Waals surface area contributed by atoms with Gasteiger partial charge in [0.05, 0.1) is 11.9 Å². The number of piperazine rings is 1. The number of amides is 2. The van der Waals surface area contributed by atoms with Gasteiger partial charge in [-0.2, -0.15) is 9.65 Å². The number of aromatic nitrogens is 2. The van der Waals surface area contributed by atoms with E-state index in [1.165, 1.54) is 29.9 Å². The number of hydrogen-bond acceptors (Lipinski definition) is 7. The minimum atomic E-state index is -1.24. The van der Waals surface area contributed by atoms with E-state index in [9.17, 15) is 18.4 Å². The van der Waals surface area contributed by atoms with Crippen LogP contribution in [-0.2, 0) is 7.05 Å². The lowest BCUT2D eigenvalue weighted by molar-refractivity contribution is 0.0950. The van der Waals surface area contributed by atoms with Gasteiger partial charge in [0, 0.05) is 56.6 Å². The van der Waals surface area contributed by atoms with Crippen LogP contribution in [0, 0.1) is 29.9 Å². The van der Waals surface area contributed by atoms with E-state index in [0.29, 0.717) is 23.4 Å². The van der Waals surface area contributed by atoms with Gasteiger partial charge in [0.25, 0.3) is 11.8 Å². The Hall–Kier alpha value is -4.34. The normalized spacial score (nSPS) is 13.5. The van der Waals surface area contributed by atoms with Crippen LogP contribution in [-0.4, -0.2) is 72.1 Å². The fourth-order valence-electron chi connectivity index (χ4n) is 4.54. The number of carbonyl (C=O) groups excluding carboxylic acids is 2. The van der Waals surface area contributed by atoms with Crippen LogP contribution in [0.3, 0.4) is 0 Å². The van der Waals surface area contributed by atoms with E-state index in [0.717, 1.165) is 39.1 Å². The van der Waals surface area contributed by atoms with Crippen LogP contribution >= 0.6 is 0 Å². The molecule has 1 fully saturated rings. The molecule has 10 nitrogen and oxygen atoms in total. The zero-order valence-corrected chi connectivity index (χ0v) is 22.4. The second-order valence-electron chi connectivity index (χ2n) is 9.40. The Bertz CT molecular complexity index is 1430. The van der Waals surface area contributed by atoms with Crippen LogP contribution in [0.2, 0.25) is 0 Å². The molecule has 1 aliphatic heterocycles. The Kier molecular flexibility index (Phi) is 9.42. The fourth-order valence-corrected chi connectivity index (χ4v) is 4.54. The van der Waals surface area contributed by atoms with E-state index in [4.69, 9.17) is 10.00 Å². The molecule has 40 heavy (non-hydrogen) atoms. The third-order valence-electron chi connectivity index (χ3n) is 6.68. The topological polar surface area (TPSA) is 124 Å². The van der Waals surface area contributed by atoms with Gasteiger partial charge in [-0.3, -0.25) is 9.59 Å². The Morgan fingerprint density at radius 1 is 1.15 bits per heavy atom. The number of rotatable bonds is 10. The summed E-state index contributed by atoms with van der Waals surface area (Å²) in [6.45, 7) is 6.88. The van der Waals surface area contributed by atoms with Crippen molar-refractivity contribution in [3.05, 3.63) is 65.1 Å². The van der Waals surface area contributed by atoms with Crippen molar-refractivity contribution < 1.29 is 23.1 Å². The zero-order valence-electron chi connectivity index (χ0n) is 22.4. The molecule has 1 saturated heterocycles. The van der Waals surface area contributed by atoms with E-state index in [1.54, 1.807) is 31.2 Å². The summed E-state index contributed by atoms with van der Waals surface area (Å²) in [5, 5.41) is 17.6. The predicted molar refractivity (Wildman–Crippen MR) is 145 cm³/mol. The van der Waals surface area contributed by atoms with Crippen molar-refractivity contribution in [3.63, 3.8) is 0 Å². The average Bonchev–Trinajstić information content (AvgIpc) is 3.33. The number of aryl methyl sites for hydroxylation is 1. The van der Waals surface area contributed by atoms with Gasteiger partial charge in [-0.05, 0) is 55.8 Å². The van der Waals surface area contributed by atoms with Crippen molar-refractivity contribution in [3.8, 4) is 23.1 Å². The Balaban J connectivity index is 1.37. The molecular formula is C28H31F2N7O3. The summed E-state index contributed by atoms with van der Waals surface area (Å²) in [5.74, 6) is -3.57. The van der Waals surface area contributed by atoms with Crippen molar-refractivity contribution in [2.45, 2.75) is 13.3 Å². The number of halogens is 2. The van der Waals surface area contributed by atoms with Gasteiger partial charge in [0.15, 0.2) is 24.0 Å². The van der Waals surface area contributed by atoms with Gasteiger partial charge >= 0.3 is 0 Å². The number of anilines is 1. The third-order valence-corrected chi connectivity index (χ3v) is 6.68. The molecule has 210 valence electrons. The van der Waals surface area contributed by atoms with Gasteiger partial charge in [0.1, 0.15) is 6.07 Å². The molecule has 0 radical (unpaired) electrons. The first-order valence-corrected chi connectivity index (χ1v) is 12.9. The molecule has 3 aromatic rings. The third kappa shape index (κ3) is 6.62. The molecule has 0 unspecified atom stereocenters. The van der Waals surface area contributed by atoms with Gasteiger partial charge in [-0.15, -0.1) is 0 Å². The molecule has 4 rings (SSSR count). The number of nitrogens with one attached hydrogen (secondary N) is 3. The molecular weight excluding hydrogens is 520 g/mol. The molecule has 0 aliphatic carbocycles. The van der Waals surface area contributed by atoms with Crippen molar-refractivity contribution >= 4 is 17.5 Å². The van der Waals surface area contributed by atoms with E-state index in [-0.39, 0.29) is 28.7 Å². The standard InChI is InChI=1S/C28H31F2N7O3/c1-18-16-19(4-5-20(18)27(38)33-9-3-12-37-13-10-32-11-14-37)35-28(39)26-34-17-22(36(26)2)21-6-7-23(40-15-8-31)25(30)24(21)29/h4-7,16-17,32H,3,9-15H2,1-2H3,(H,33,38)(H,35,39). The van der Waals surface area contributed by atoms with Gasteiger partial charge in [-0.1, -0.05) is 0 Å². The first kappa shape index (κ1) is 28.7. The first-order chi connectivity index (χ1) is 19.3. The van der Waals surface area contributed by atoms with Crippen molar-refractivity contribution in [1.29, 1.82) is 5.26 Å². The molecule has 1 aromatic heterocycles. The number of hydrogen-bond donors (Lipinski definition) is 3. The summed E-state index contributed by atoms with van der Waals surface area (Å²) < 4.78 is 35.4. The monoisotopic (exact) mass is 551 g/mol. The lowest BCUT2D eigenvalue weighted by atomic mass is 10.1. The fraction of sp³-hybridized carbons (Fsp3) is 0.357. The molecule has 3 N–H and O–H groups in total. The molecule has 2 aromatic carbocycles. The van der Waals surface area contributed by atoms with Gasteiger partial charge < -0.3 is 30.2 Å². The van der Waals surface area contributed by atoms with E-state index in [2.05, 4.69) is 25.8 Å². The number of nitriles is 1. The van der Waals surface area contributed by atoms with E-state index < -0.39 is 24.1 Å². The van der Waals surface area contributed by atoms with Crippen LogP contribution in [0.15, 0.2) is 36.5 Å². The highest BCUT2D eigenvalue weighted by Gasteiger charge is 2.22. The molecule has 1 aliphatic rings. The summed E-state index contributed by atoms with van der Waals surface area (Å²) in [6, 6.07) is 9.16. The Morgan fingerprint density at radius 3 is 2.65 bits per heavy atom. The molecule has 0 saturated carbocycles. The SMILES string of the molecule is Cc1cc(NC(=O)c2ncc(-c3ccc(OCC#N)c(F)c3F)n2C)ccc1C(=O)NCCCN1CCNCC1. The largest absolute Gasteiger partial charge is 0.476 e. The molecule has 0 atom stereocenters. The number of imidazole rings is 1. The van der Waals surface area contributed by atoms with Gasteiger partial charge in [0.2, 0.25) is 5.82 Å². The molecule has 0 bridgehead atoms. The lowest BCUT2D eigenvalue weighted by Gasteiger charge is -2.27. The van der Waals surface area contributed by atoms with Crippen LogP contribution in [0.4, 0.5) is 14.5 Å². The van der Waals surface area contributed by atoms with E-state index in [1.807, 2.05) is 0 Å². The summed E-state index contributed by atoms with van der Waals surface area (Å²) in [4.78, 5) is 32.1. The molecule has 2 heterocycles. The second kappa shape index (κ2) is 13.1. The maximum absolute atomic E-state index is 14.7. The highest BCUT2D eigenvalue weighted by molar-refractivity contribution is 6.03. The Morgan fingerprint density at radius 2 is 1.93 bits per heavy atom. The molecule has 12 heteroatoms. The highest BCUT2D eigenvalue weighted by atomic mass is 19.2. The lowest BCUT2D eigenvalue weighted by Crippen LogP contribution is -2.44. The minimum absolute atomic E-state index is 0.0245. The number of carbonyl (C=O) groups is 2. The first-order valence-electron chi connectivity index (χ1n) is 12.9. The quantitative estimate of drug-likeness (QED) is 0.331. The summed E-state index contributed by atoms with van der Waals surface area (Å²) >= 11 is 0. The van der Waals surface area contributed by atoms with Crippen LogP contribution < -0.4 is 20.7 Å². The minimum Gasteiger partial charge on any atom is -0.476 e. The number of ether oxygens (including phenoxy) is 1. The molecule has 0 spiro atoms. The zero-order chi connectivity index (χ0) is 28.6. The van der Waals surface area contributed by atoms with Crippen LogP contribution in [0.5, 0.6) is 5.75 Å². The summed E-state index contributed by atoms with van der Waals surface area (Å²) in [6.07, 6.45) is 2.13. The smallest absolute Gasteiger partial charge is 0.291 e. The van der Waals surface area contributed by atoms with Crippen LogP contribution in [0.25, 0.3) is 11.3 Å². The van der Waals surface area contributed by atoms with Crippen LogP contribution in [0.1, 0.15) is 33.0 Å². The van der Waals surface area contributed by atoms with Crippen molar-refractivity contribution in [2.75, 3.05) is 51.2 Å². The summed E-state index contributed by atoms with van der Waals surface area (Å²) in [5.41, 5.74) is 1.72. The van der Waals surface area contributed by atoms with Crippen molar-refractivity contribution in [2.24, 2.45) is 7.05 Å². The second-order valence-corrected chi connectivity index (χ2v) is 9.40. The summed E-state index contributed by atoms with van der Waals surface area (Å²) in [7, 11) is 1.51. The maximum Gasteiger partial charge on any atom is 0.291 e. The number of nitrogens with zero attached hydrogens (tertiary/aromatic N) is 4. The van der Waals surface area contributed by atoms with E-state index >= 15 is 0 Å².